The Morgan fingerprint density at radius 1 is 1.25 bits per heavy atom. The normalized spacial score (nSPS) is 20.0. The molecule has 0 amide bonds. The highest BCUT2D eigenvalue weighted by Crippen LogP contribution is 2.26. The Labute approximate surface area is 128 Å². The molecule has 1 fully saturated rings. The molecule has 0 saturated carbocycles. The van der Waals surface area contributed by atoms with Gasteiger partial charge in [-0.3, -0.25) is 4.99 Å². The van der Waals surface area contributed by atoms with Gasteiger partial charge in [0, 0.05) is 42.4 Å². The first-order valence-corrected chi connectivity index (χ1v) is 9.40. The molecule has 20 heavy (non-hydrogen) atoms. The number of thiazole rings is 1. The van der Waals surface area contributed by atoms with E-state index in [9.17, 15) is 0 Å². The molecule has 2 N–H and O–H groups in total. The fraction of sp³-hybridized carbons (Fsp3) is 0.714. The van der Waals surface area contributed by atoms with Gasteiger partial charge in [-0.2, -0.15) is 11.8 Å². The second kappa shape index (κ2) is 6.80. The molecular weight excluding hydrogens is 288 g/mol. The molecule has 2 aliphatic rings. The molecule has 1 aliphatic heterocycles. The lowest BCUT2D eigenvalue weighted by Crippen LogP contribution is -2.42. The Morgan fingerprint density at radius 3 is 2.85 bits per heavy atom. The monoisotopic (exact) mass is 310 g/mol. The van der Waals surface area contributed by atoms with Crippen LogP contribution in [0.2, 0.25) is 0 Å². The van der Waals surface area contributed by atoms with E-state index in [1.807, 2.05) is 23.1 Å². The topological polar surface area (TPSA) is 54.5 Å². The van der Waals surface area contributed by atoms with Crippen molar-refractivity contribution in [3.63, 3.8) is 0 Å². The number of nitrogens with two attached hydrogens (primary N) is 1. The maximum Gasteiger partial charge on any atom is 0.191 e. The van der Waals surface area contributed by atoms with Crippen LogP contribution in [-0.4, -0.2) is 47.0 Å². The Hall–Kier alpha value is -0.750. The average molecular weight is 310 g/mol. The van der Waals surface area contributed by atoms with Gasteiger partial charge in [-0.1, -0.05) is 0 Å². The minimum atomic E-state index is 0.714. The number of hydrogen-bond acceptors (Lipinski definition) is 4. The molecule has 0 bridgehead atoms. The van der Waals surface area contributed by atoms with Crippen LogP contribution in [0, 0.1) is 0 Å². The van der Waals surface area contributed by atoms with E-state index in [1.165, 1.54) is 41.3 Å². The first kappa shape index (κ1) is 14.2. The quantitative estimate of drug-likeness (QED) is 0.685. The Kier molecular flexibility index (Phi) is 4.83. The molecular formula is C14H22N4S2. The SMILES string of the molecule is NC(=NCCc1nc2c(s1)CCCC2)N1CCSCC1. The third-order valence-corrected chi connectivity index (χ3v) is 5.98. The summed E-state index contributed by atoms with van der Waals surface area (Å²) < 4.78 is 0. The van der Waals surface area contributed by atoms with E-state index in [0.717, 1.165) is 37.6 Å². The third-order valence-electron chi connectivity index (χ3n) is 3.82. The van der Waals surface area contributed by atoms with Crippen molar-refractivity contribution in [1.82, 2.24) is 9.88 Å². The lowest BCUT2D eigenvalue weighted by molar-refractivity contribution is 0.456. The second-order valence-corrected chi connectivity index (χ2v) is 7.67. The maximum absolute atomic E-state index is 6.06. The highest BCUT2D eigenvalue weighted by atomic mass is 32.2. The van der Waals surface area contributed by atoms with Gasteiger partial charge in [-0.15, -0.1) is 11.3 Å². The van der Waals surface area contributed by atoms with Crippen molar-refractivity contribution >= 4 is 29.1 Å². The van der Waals surface area contributed by atoms with Crippen molar-refractivity contribution in [1.29, 1.82) is 0 Å². The molecule has 1 saturated heterocycles. The lowest BCUT2D eigenvalue weighted by atomic mass is 10.0. The molecule has 2 heterocycles. The molecule has 0 unspecified atom stereocenters. The Bertz CT molecular complexity index is 454. The van der Waals surface area contributed by atoms with Crippen molar-refractivity contribution in [2.24, 2.45) is 10.7 Å². The van der Waals surface area contributed by atoms with E-state index >= 15 is 0 Å². The second-order valence-electron chi connectivity index (χ2n) is 5.27. The summed E-state index contributed by atoms with van der Waals surface area (Å²) in [6.07, 6.45) is 5.95. The summed E-state index contributed by atoms with van der Waals surface area (Å²) in [6, 6.07) is 0. The molecule has 0 spiro atoms. The van der Waals surface area contributed by atoms with Crippen molar-refractivity contribution in [3.8, 4) is 0 Å². The number of aryl methyl sites for hydroxylation is 2. The van der Waals surface area contributed by atoms with E-state index in [0.29, 0.717) is 5.96 Å². The predicted octanol–water partition coefficient (Wildman–Crippen LogP) is 1.93. The minimum absolute atomic E-state index is 0.714. The minimum Gasteiger partial charge on any atom is -0.370 e. The zero-order valence-corrected chi connectivity index (χ0v) is 13.4. The number of aliphatic imine (C=N–C) groups is 1. The van der Waals surface area contributed by atoms with Crippen LogP contribution in [0.15, 0.2) is 4.99 Å². The van der Waals surface area contributed by atoms with E-state index in [4.69, 9.17) is 10.7 Å². The van der Waals surface area contributed by atoms with Gasteiger partial charge in [0.1, 0.15) is 0 Å². The van der Waals surface area contributed by atoms with Crippen LogP contribution in [0.4, 0.5) is 0 Å². The maximum atomic E-state index is 6.06. The Morgan fingerprint density at radius 2 is 2.05 bits per heavy atom. The average Bonchev–Trinajstić information content (AvgIpc) is 2.90. The molecule has 6 heteroatoms. The van der Waals surface area contributed by atoms with Crippen LogP contribution in [0.5, 0.6) is 0 Å². The van der Waals surface area contributed by atoms with E-state index in [2.05, 4.69) is 9.89 Å². The predicted molar refractivity (Wildman–Crippen MR) is 87.8 cm³/mol. The summed E-state index contributed by atoms with van der Waals surface area (Å²) in [6.45, 7) is 2.83. The van der Waals surface area contributed by atoms with Gasteiger partial charge in [0.2, 0.25) is 0 Å². The summed E-state index contributed by atoms with van der Waals surface area (Å²) in [5.74, 6) is 3.04. The highest BCUT2D eigenvalue weighted by Gasteiger charge is 2.15. The van der Waals surface area contributed by atoms with Gasteiger partial charge in [-0.05, 0) is 25.7 Å². The number of thioether (sulfide) groups is 1. The number of guanidine groups is 1. The third kappa shape index (κ3) is 3.47. The first-order chi connectivity index (χ1) is 9.83. The van der Waals surface area contributed by atoms with E-state index < -0.39 is 0 Å². The summed E-state index contributed by atoms with van der Waals surface area (Å²) in [7, 11) is 0. The van der Waals surface area contributed by atoms with Gasteiger partial charge in [-0.25, -0.2) is 4.98 Å². The lowest BCUT2D eigenvalue weighted by Gasteiger charge is -2.27. The van der Waals surface area contributed by atoms with Crippen LogP contribution in [-0.2, 0) is 19.3 Å². The molecule has 110 valence electrons. The number of fused-ring (bicyclic) bond motifs is 1. The molecule has 1 aromatic heterocycles. The number of rotatable bonds is 3. The van der Waals surface area contributed by atoms with Crippen molar-refractivity contribution in [2.45, 2.75) is 32.1 Å². The Balaban J connectivity index is 1.52. The fourth-order valence-corrected chi connectivity index (χ4v) is 4.72. The van der Waals surface area contributed by atoms with E-state index in [1.54, 1.807) is 0 Å². The van der Waals surface area contributed by atoms with Gasteiger partial charge in [0.25, 0.3) is 0 Å². The smallest absolute Gasteiger partial charge is 0.191 e. The zero-order chi connectivity index (χ0) is 13.8. The first-order valence-electron chi connectivity index (χ1n) is 7.43. The van der Waals surface area contributed by atoms with Crippen LogP contribution in [0.1, 0.15) is 28.4 Å². The van der Waals surface area contributed by atoms with Crippen LogP contribution in [0.3, 0.4) is 0 Å². The summed E-state index contributed by atoms with van der Waals surface area (Å²) in [4.78, 5) is 13.0. The summed E-state index contributed by atoms with van der Waals surface area (Å²) in [5, 5.41) is 1.24. The van der Waals surface area contributed by atoms with Crippen LogP contribution >= 0.6 is 23.1 Å². The summed E-state index contributed by atoms with van der Waals surface area (Å²) in [5.41, 5.74) is 7.41. The fourth-order valence-electron chi connectivity index (χ4n) is 2.67. The van der Waals surface area contributed by atoms with E-state index in [-0.39, 0.29) is 0 Å². The largest absolute Gasteiger partial charge is 0.370 e. The van der Waals surface area contributed by atoms with Gasteiger partial charge >= 0.3 is 0 Å². The van der Waals surface area contributed by atoms with Crippen molar-refractivity contribution in [3.05, 3.63) is 15.6 Å². The molecule has 0 radical (unpaired) electrons. The van der Waals surface area contributed by atoms with Gasteiger partial charge in [0.15, 0.2) is 5.96 Å². The van der Waals surface area contributed by atoms with Crippen molar-refractivity contribution in [2.75, 3.05) is 31.1 Å². The zero-order valence-electron chi connectivity index (χ0n) is 11.8. The van der Waals surface area contributed by atoms with Gasteiger partial charge in [0.05, 0.1) is 10.7 Å². The molecule has 0 atom stereocenters. The number of hydrogen-bond donors (Lipinski definition) is 1. The standard InChI is InChI=1S/C14H22N4S2/c15-14(18-7-9-19-10-8-18)16-6-5-13-17-11-3-1-2-4-12(11)20-13/h1-10H2,(H2,15,16). The van der Waals surface area contributed by atoms with Gasteiger partial charge < -0.3 is 10.6 Å². The van der Waals surface area contributed by atoms with Crippen molar-refractivity contribution < 1.29 is 0 Å². The molecule has 1 aromatic rings. The number of aromatic nitrogens is 1. The highest BCUT2D eigenvalue weighted by molar-refractivity contribution is 7.99. The van der Waals surface area contributed by atoms with Crippen LogP contribution in [0.25, 0.3) is 0 Å². The van der Waals surface area contributed by atoms with Crippen LogP contribution < -0.4 is 5.73 Å². The molecule has 0 aromatic carbocycles. The summed E-state index contributed by atoms with van der Waals surface area (Å²) >= 11 is 3.88. The molecule has 1 aliphatic carbocycles. The molecule has 4 nitrogen and oxygen atoms in total. The molecule has 3 rings (SSSR count). The number of nitrogens with zero attached hydrogens (tertiary/aromatic N) is 3.